The van der Waals surface area contributed by atoms with Crippen molar-refractivity contribution in [2.75, 3.05) is 7.11 Å². The first-order valence-corrected chi connectivity index (χ1v) is 7.78. The Bertz CT molecular complexity index is 851. The lowest BCUT2D eigenvalue weighted by atomic mass is 10.1. The number of methoxy groups -OCH3 is 1. The highest BCUT2D eigenvalue weighted by Gasteiger charge is 2.10. The third kappa shape index (κ3) is 3.41. The highest BCUT2D eigenvalue weighted by Crippen LogP contribution is 2.21. The second-order valence-electron chi connectivity index (χ2n) is 5.74. The number of hydrogen-bond donors (Lipinski definition) is 3. The maximum atomic E-state index is 12.3. The number of aromatic nitrogens is 1. The fraction of sp³-hybridized carbons (Fsp3) is 0.211. The number of carbonyl (C=O) groups excluding carboxylic acids is 1. The molecule has 1 heterocycles. The van der Waals surface area contributed by atoms with Gasteiger partial charge in [0.15, 0.2) is 0 Å². The van der Waals surface area contributed by atoms with Crippen LogP contribution in [-0.4, -0.2) is 23.1 Å². The van der Waals surface area contributed by atoms with E-state index in [1.807, 2.05) is 48.5 Å². The highest BCUT2D eigenvalue weighted by molar-refractivity contribution is 5.98. The van der Waals surface area contributed by atoms with E-state index in [0.717, 1.165) is 27.8 Å². The van der Waals surface area contributed by atoms with Crippen LogP contribution >= 0.6 is 0 Å². The zero-order valence-electron chi connectivity index (χ0n) is 13.7. The molecule has 0 radical (unpaired) electrons. The van der Waals surface area contributed by atoms with Gasteiger partial charge in [0.05, 0.1) is 13.2 Å². The summed E-state index contributed by atoms with van der Waals surface area (Å²) < 4.78 is 5.19. The Morgan fingerprint density at radius 1 is 1.21 bits per heavy atom. The zero-order valence-corrected chi connectivity index (χ0v) is 13.7. The summed E-state index contributed by atoms with van der Waals surface area (Å²) in [5.41, 5.74) is 3.21. The molecule has 0 bridgehead atoms. The summed E-state index contributed by atoms with van der Waals surface area (Å²) in [6.07, 6.45) is -0.489. The molecule has 5 heteroatoms. The lowest BCUT2D eigenvalue weighted by molar-refractivity contribution is 0.0946. The van der Waals surface area contributed by atoms with Gasteiger partial charge in [0.1, 0.15) is 11.4 Å². The summed E-state index contributed by atoms with van der Waals surface area (Å²) in [7, 11) is 1.61. The first kappa shape index (κ1) is 16.1. The van der Waals surface area contributed by atoms with Crippen LogP contribution in [0.2, 0.25) is 0 Å². The van der Waals surface area contributed by atoms with E-state index in [1.54, 1.807) is 14.0 Å². The molecule has 2 aromatic carbocycles. The van der Waals surface area contributed by atoms with E-state index >= 15 is 0 Å². The van der Waals surface area contributed by atoms with Gasteiger partial charge in [-0.2, -0.15) is 0 Å². The number of carbonyl (C=O) groups is 1. The van der Waals surface area contributed by atoms with Crippen molar-refractivity contribution in [3.63, 3.8) is 0 Å². The predicted molar refractivity (Wildman–Crippen MR) is 93.1 cm³/mol. The largest absolute Gasteiger partial charge is 0.497 e. The number of hydrogen-bond acceptors (Lipinski definition) is 3. The predicted octanol–water partition coefficient (Wildman–Crippen LogP) is 3.16. The number of H-pyrrole nitrogens is 1. The van der Waals surface area contributed by atoms with Gasteiger partial charge in [0.25, 0.3) is 5.91 Å². The molecule has 0 aliphatic heterocycles. The van der Waals surface area contributed by atoms with Gasteiger partial charge in [-0.25, -0.2) is 0 Å². The Balaban J connectivity index is 1.68. The second-order valence-corrected chi connectivity index (χ2v) is 5.74. The Hall–Kier alpha value is -2.79. The summed E-state index contributed by atoms with van der Waals surface area (Å²) in [6, 6.07) is 15.0. The summed E-state index contributed by atoms with van der Waals surface area (Å²) >= 11 is 0. The monoisotopic (exact) mass is 324 g/mol. The maximum absolute atomic E-state index is 12.3. The van der Waals surface area contributed by atoms with Crippen molar-refractivity contribution in [3.8, 4) is 5.75 Å². The minimum atomic E-state index is -0.489. The number of aliphatic hydroxyl groups excluding tert-OH is 1. The first-order valence-electron chi connectivity index (χ1n) is 7.78. The van der Waals surface area contributed by atoms with Crippen molar-refractivity contribution in [1.29, 1.82) is 0 Å². The number of nitrogens with one attached hydrogen (secondary N) is 2. The van der Waals surface area contributed by atoms with Crippen LogP contribution in [0.3, 0.4) is 0 Å². The van der Waals surface area contributed by atoms with Crippen LogP contribution in [0.5, 0.6) is 5.75 Å². The topological polar surface area (TPSA) is 74.3 Å². The fourth-order valence-corrected chi connectivity index (χ4v) is 2.55. The SMILES string of the molecule is COc1ccc2cc(C(=O)NCc3ccc([C@H](C)O)cc3)[nH]c2c1. The van der Waals surface area contributed by atoms with Gasteiger partial charge in [-0.15, -0.1) is 0 Å². The molecule has 5 nitrogen and oxygen atoms in total. The third-order valence-corrected chi connectivity index (χ3v) is 3.99. The molecule has 0 saturated heterocycles. The molecule has 124 valence electrons. The average Bonchev–Trinajstić information content (AvgIpc) is 3.03. The van der Waals surface area contributed by atoms with Gasteiger partial charge >= 0.3 is 0 Å². The van der Waals surface area contributed by atoms with Crippen LogP contribution < -0.4 is 10.1 Å². The fourth-order valence-electron chi connectivity index (χ4n) is 2.55. The summed E-state index contributed by atoms with van der Waals surface area (Å²) in [6.45, 7) is 2.15. The van der Waals surface area contributed by atoms with Gasteiger partial charge in [0.2, 0.25) is 0 Å². The Morgan fingerprint density at radius 3 is 2.62 bits per heavy atom. The molecule has 3 aromatic rings. The van der Waals surface area contributed by atoms with Gasteiger partial charge in [-0.3, -0.25) is 4.79 Å². The van der Waals surface area contributed by atoms with Gasteiger partial charge in [-0.1, -0.05) is 24.3 Å². The first-order chi connectivity index (χ1) is 11.6. The number of benzene rings is 2. The van der Waals surface area contributed by atoms with Crippen molar-refractivity contribution >= 4 is 16.8 Å². The number of aromatic amines is 1. The minimum absolute atomic E-state index is 0.162. The molecule has 0 saturated carbocycles. The molecule has 1 aromatic heterocycles. The number of aliphatic hydroxyl groups is 1. The van der Waals surface area contributed by atoms with Crippen LogP contribution in [0, 0.1) is 0 Å². The molecule has 1 atom stereocenters. The Morgan fingerprint density at radius 2 is 1.96 bits per heavy atom. The molecular weight excluding hydrogens is 304 g/mol. The molecule has 1 amide bonds. The van der Waals surface area contributed by atoms with Gasteiger partial charge < -0.3 is 20.1 Å². The van der Waals surface area contributed by atoms with E-state index in [2.05, 4.69) is 10.3 Å². The third-order valence-electron chi connectivity index (χ3n) is 3.99. The van der Waals surface area contributed by atoms with Crippen molar-refractivity contribution < 1.29 is 14.6 Å². The summed E-state index contributed by atoms with van der Waals surface area (Å²) in [5.74, 6) is 0.583. The molecule has 3 rings (SSSR count). The summed E-state index contributed by atoms with van der Waals surface area (Å²) in [4.78, 5) is 15.4. The van der Waals surface area contributed by atoms with Gasteiger partial charge in [0, 0.05) is 23.5 Å². The molecule has 24 heavy (non-hydrogen) atoms. The number of rotatable bonds is 5. The molecule has 0 fully saturated rings. The average molecular weight is 324 g/mol. The van der Waals surface area contributed by atoms with Crippen molar-refractivity contribution in [3.05, 3.63) is 65.4 Å². The van der Waals surface area contributed by atoms with E-state index in [0.29, 0.717) is 12.2 Å². The lowest BCUT2D eigenvalue weighted by Gasteiger charge is -2.07. The Kier molecular flexibility index (Phi) is 4.53. The van der Waals surface area contributed by atoms with Crippen LogP contribution in [0.1, 0.15) is 34.6 Å². The lowest BCUT2D eigenvalue weighted by Crippen LogP contribution is -2.23. The van der Waals surface area contributed by atoms with Crippen LogP contribution in [-0.2, 0) is 6.54 Å². The summed E-state index contributed by atoms with van der Waals surface area (Å²) in [5, 5.41) is 13.4. The van der Waals surface area contributed by atoms with Crippen LogP contribution in [0.25, 0.3) is 10.9 Å². The molecule has 0 spiro atoms. The quantitative estimate of drug-likeness (QED) is 0.675. The molecule has 0 unspecified atom stereocenters. The van der Waals surface area contributed by atoms with Crippen LogP contribution in [0.15, 0.2) is 48.5 Å². The molecule has 3 N–H and O–H groups in total. The minimum Gasteiger partial charge on any atom is -0.497 e. The van der Waals surface area contributed by atoms with Crippen molar-refractivity contribution in [1.82, 2.24) is 10.3 Å². The zero-order chi connectivity index (χ0) is 17.1. The van der Waals surface area contributed by atoms with Crippen LogP contribution in [0.4, 0.5) is 0 Å². The number of amides is 1. The maximum Gasteiger partial charge on any atom is 0.267 e. The standard InChI is InChI=1S/C19H20N2O3/c1-12(22)14-5-3-13(4-6-14)11-20-19(23)18-9-15-7-8-16(24-2)10-17(15)21-18/h3-10,12,21-22H,11H2,1-2H3,(H,20,23)/t12-/m0/s1. The smallest absolute Gasteiger partial charge is 0.267 e. The second kappa shape index (κ2) is 6.76. The van der Waals surface area contributed by atoms with Crippen molar-refractivity contribution in [2.45, 2.75) is 19.6 Å². The molecular formula is C19H20N2O3. The van der Waals surface area contributed by atoms with E-state index in [9.17, 15) is 9.90 Å². The number of ether oxygens (including phenoxy) is 1. The normalized spacial score (nSPS) is 12.1. The Labute approximate surface area is 140 Å². The van der Waals surface area contributed by atoms with E-state index in [1.165, 1.54) is 0 Å². The molecule has 0 aliphatic carbocycles. The van der Waals surface area contributed by atoms with E-state index in [4.69, 9.17) is 4.74 Å². The van der Waals surface area contributed by atoms with E-state index in [-0.39, 0.29) is 5.91 Å². The number of fused-ring (bicyclic) bond motifs is 1. The van der Waals surface area contributed by atoms with Gasteiger partial charge in [-0.05, 0) is 36.2 Å². The van der Waals surface area contributed by atoms with E-state index < -0.39 is 6.10 Å². The highest BCUT2D eigenvalue weighted by atomic mass is 16.5. The van der Waals surface area contributed by atoms with Crippen molar-refractivity contribution in [2.24, 2.45) is 0 Å². The molecule has 0 aliphatic rings.